The lowest BCUT2D eigenvalue weighted by Gasteiger charge is -2.19. The Bertz CT molecular complexity index is 273. The minimum absolute atomic E-state index is 0.0439. The number of rotatable bonds is 2. The number of hydrogen-bond acceptors (Lipinski definition) is 3. The molecule has 5 heteroatoms. The summed E-state index contributed by atoms with van der Waals surface area (Å²) in [6, 6.07) is 0. The molecule has 1 amide bonds. The Morgan fingerprint density at radius 1 is 1.27 bits per heavy atom. The number of carboxylic acids is 1. The zero-order valence-electron chi connectivity index (χ0n) is 8.52. The first kappa shape index (κ1) is 10.4. The Morgan fingerprint density at radius 3 is 2.60 bits per heavy atom. The number of amides is 1. The molecule has 0 aromatic carbocycles. The van der Waals surface area contributed by atoms with Gasteiger partial charge in [0.05, 0.1) is 18.4 Å². The maximum atomic E-state index is 11.9. The number of carbonyl (C=O) groups is 2. The van der Waals surface area contributed by atoms with Crippen molar-refractivity contribution in [2.45, 2.75) is 12.8 Å². The molecule has 1 N–H and O–H groups in total. The van der Waals surface area contributed by atoms with Gasteiger partial charge in [0.2, 0.25) is 5.91 Å². The molecular formula is C10H15NO4. The zero-order chi connectivity index (χ0) is 10.8. The number of carbonyl (C=O) groups excluding carboxylic acids is 1. The van der Waals surface area contributed by atoms with Gasteiger partial charge in [0, 0.05) is 19.7 Å². The molecule has 0 saturated carbocycles. The van der Waals surface area contributed by atoms with Crippen molar-refractivity contribution in [1.29, 1.82) is 0 Å². The molecule has 2 unspecified atom stereocenters. The van der Waals surface area contributed by atoms with Gasteiger partial charge >= 0.3 is 5.97 Å². The van der Waals surface area contributed by atoms with Crippen molar-refractivity contribution in [3.63, 3.8) is 0 Å². The number of likely N-dealkylation sites (tertiary alicyclic amines) is 1. The average molecular weight is 213 g/mol. The first-order chi connectivity index (χ1) is 7.18. The highest BCUT2D eigenvalue weighted by Gasteiger charge is 2.35. The van der Waals surface area contributed by atoms with Crippen LogP contribution in [0.2, 0.25) is 0 Å². The lowest BCUT2D eigenvalue weighted by Crippen LogP contribution is -2.35. The molecule has 5 nitrogen and oxygen atoms in total. The number of hydrogen-bond donors (Lipinski definition) is 1. The SMILES string of the molecule is O=C(O)C1CCN(C(=O)C2CCOC2)C1. The van der Waals surface area contributed by atoms with Crippen molar-refractivity contribution < 1.29 is 19.4 Å². The maximum absolute atomic E-state index is 11.9. The predicted molar refractivity (Wildman–Crippen MR) is 51.2 cm³/mol. The first-order valence-electron chi connectivity index (χ1n) is 5.28. The summed E-state index contributed by atoms with van der Waals surface area (Å²) < 4.78 is 5.15. The van der Waals surface area contributed by atoms with Gasteiger partial charge in [-0.25, -0.2) is 0 Å². The fraction of sp³-hybridized carbons (Fsp3) is 0.800. The van der Waals surface area contributed by atoms with E-state index >= 15 is 0 Å². The number of nitrogens with zero attached hydrogens (tertiary/aromatic N) is 1. The Balaban J connectivity index is 1.89. The van der Waals surface area contributed by atoms with E-state index in [1.165, 1.54) is 0 Å². The van der Waals surface area contributed by atoms with Gasteiger partial charge in [-0.3, -0.25) is 9.59 Å². The van der Waals surface area contributed by atoms with Crippen LogP contribution in [0.25, 0.3) is 0 Å². The van der Waals surface area contributed by atoms with E-state index in [1.54, 1.807) is 4.90 Å². The molecule has 0 aromatic rings. The summed E-state index contributed by atoms with van der Waals surface area (Å²) in [5, 5.41) is 8.82. The quantitative estimate of drug-likeness (QED) is 0.698. The molecule has 15 heavy (non-hydrogen) atoms. The van der Waals surface area contributed by atoms with Crippen LogP contribution in [0, 0.1) is 11.8 Å². The first-order valence-corrected chi connectivity index (χ1v) is 5.28. The summed E-state index contributed by atoms with van der Waals surface area (Å²) in [5.41, 5.74) is 0. The van der Waals surface area contributed by atoms with Gasteiger partial charge in [0.25, 0.3) is 0 Å². The van der Waals surface area contributed by atoms with Gasteiger partial charge in [-0.05, 0) is 12.8 Å². The van der Waals surface area contributed by atoms with Crippen LogP contribution < -0.4 is 0 Å². The van der Waals surface area contributed by atoms with Crippen molar-refractivity contribution in [2.24, 2.45) is 11.8 Å². The van der Waals surface area contributed by atoms with E-state index in [0.29, 0.717) is 32.7 Å². The van der Waals surface area contributed by atoms with Gasteiger partial charge in [-0.1, -0.05) is 0 Å². The van der Waals surface area contributed by atoms with E-state index in [9.17, 15) is 9.59 Å². The van der Waals surface area contributed by atoms with Crippen molar-refractivity contribution in [3.05, 3.63) is 0 Å². The van der Waals surface area contributed by atoms with E-state index in [2.05, 4.69) is 0 Å². The van der Waals surface area contributed by atoms with Crippen LogP contribution in [-0.2, 0) is 14.3 Å². The van der Waals surface area contributed by atoms with E-state index in [1.807, 2.05) is 0 Å². The summed E-state index contributed by atoms with van der Waals surface area (Å²) >= 11 is 0. The fourth-order valence-electron chi connectivity index (χ4n) is 2.15. The molecule has 0 bridgehead atoms. The maximum Gasteiger partial charge on any atom is 0.308 e. The summed E-state index contributed by atoms with van der Waals surface area (Å²) in [5.74, 6) is -1.15. The molecule has 0 spiro atoms. The lowest BCUT2D eigenvalue weighted by atomic mass is 10.1. The fourth-order valence-corrected chi connectivity index (χ4v) is 2.15. The van der Waals surface area contributed by atoms with Crippen molar-refractivity contribution in [1.82, 2.24) is 4.90 Å². The standard InChI is InChI=1S/C10H15NO4/c12-9(8-2-4-15-6-8)11-3-1-7(5-11)10(13)14/h7-8H,1-6H2,(H,13,14). The van der Waals surface area contributed by atoms with E-state index in [0.717, 1.165) is 6.42 Å². The van der Waals surface area contributed by atoms with Gasteiger partial charge in [0.15, 0.2) is 0 Å². The van der Waals surface area contributed by atoms with E-state index < -0.39 is 5.97 Å². The summed E-state index contributed by atoms with van der Waals surface area (Å²) in [7, 11) is 0. The molecular weight excluding hydrogens is 198 g/mol. The second kappa shape index (κ2) is 4.18. The molecule has 0 aromatic heterocycles. The van der Waals surface area contributed by atoms with Crippen LogP contribution in [0.15, 0.2) is 0 Å². The van der Waals surface area contributed by atoms with Gasteiger partial charge in [-0.15, -0.1) is 0 Å². The van der Waals surface area contributed by atoms with Crippen molar-refractivity contribution in [2.75, 3.05) is 26.3 Å². The van der Waals surface area contributed by atoms with Gasteiger partial charge < -0.3 is 14.7 Å². The topological polar surface area (TPSA) is 66.8 Å². The number of ether oxygens (including phenoxy) is 1. The van der Waals surface area contributed by atoms with Crippen LogP contribution >= 0.6 is 0 Å². The third-order valence-corrected chi connectivity index (χ3v) is 3.13. The minimum atomic E-state index is -0.798. The average Bonchev–Trinajstić information content (AvgIpc) is 2.88. The molecule has 2 fully saturated rings. The monoisotopic (exact) mass is 213 g/mol. The summed E-state index contributed by atoms with van der Waals surface area (Å²) in [6.07, 6.45) is 1.35. The Kier molecular flexibility index (Phi) is 2.90. The Morgan fingerprint density at radius 2 is 2.07 bits per heavy atom. The van der Waals surface area contributed by atoms with E-state index in [-0.39, 0.29) is 17.7 Å². The molecule has 2 heterocycles. The Labute approximate surface area is 88.0 Å². The third-order valence-electron chi connectivity index (χ3n) is 3.13. The van der Waals surface area contributed by atoms with Gasteiger partial charge in [-0.2, -0.15) is 0 Å². The van der Waals surface area contributed by atoms with E-state index in [4.69, 9.17) is 9.84 Å². The minimum Gasteiger partial charge on any atom is -0.481 e. The highest BCUT2D eigenvalue weighted by atomic mass is 16.5. The Hall–Kier alpha value is -1.10. The molecule has 2 rings (SSSR count). The number of carboxylic acid groups (broad SMARTS) is 1. The largest absolute Gasteiger partial charge is 0.481 e. The second-order valence-electron chi connectivity index (χ2n) is 4.17. The van der Waals surface area contributed by atoms with Crippen molar-refractivity contribution >= 4 is 11.9 Å². The normalized spacial score (nSPS) is 30.8. The number of aliphatic carboxylic acids is 1. The van der Waals surface area contributed by atoms with Gasteiger partial charge in [0.1, 0.15) is 0 Å². The second-order valence-corrected chi connectivity index (χ2v) is 4.17. The lowest BCUT2D eigenvalue weighted by molar-refractivity contribution is -0.141. The smallest absolute Gasteiger partial charge is 0.308 e. The van der Waals surface area contributed by atoms with Crippen LogP contribution in [0.5, 0.6) is 0 Å². The molecule has 0 aliphatic carbocycles. The molecule has 2 aliphatic rings. The van der Waals surface area contributed by atoms with Crippen molar-refractivity contribution in [3.8, 4) is 0 Å². The highest BCUT2D eigenvalue weighted by molar-refractivity contribution is 5.81. The molecule has 2 saturated heterocycles. The molecule has 2 atom stereocenters. The molecule has 0 radical (unpaired) electrons. The molecule has 2 aliphatic heterocycles. The zero-order valence-corrected chi connectivity index (χ0v) is 8.52. The van der Waals surface area contributed by atoms with Crippen LogP contribution in [-0.4, -0.2) is 48.2 Å². The highest BCUT2D eigenvalue weighted by Crippen LogP contribution is 2.22. The van der Waals surface area contributed by atoms with Crippen LogP contribution in [0.1, 0.15) is 12.8 Å². The summed E-state index contributed by atoms with van der Waals surface area (Å²) in [4.78, 5) is 24.3. The molecule has 84 valence electrons. The van der Waals surface area contributed by atoms with Crippen LogP contribution in [0.4, 0.5) is 0 Å². The third kappa shape index (κ3) is 2.12. The van der Waals surface area contributed by atoms with Crippen LogP contribution in [0.3, 0.4) is 0 Å². The summed E-state index contributed by atoms with van der Waals surface area (Å²) in [6.45, 7) is 2.08. The predicted octanol–water partition coefficient (Wildman–Crippen LogP) is -0.0440.